The number of ether oxygens (including phenoxy) is 1. The molecule has 0 atom stereocenters. The zero-order valence-electron chi connectivity index (χ0n) is 19.5. The van der Waals surface area contributed by atoms with Crippen LogP contribution in [0.1, 0.15) is 26.4 Å². The molecular weight excluding hydrogens is 636 g/mol. The first-order chi connectivity index (χ1) is 18.4. The third-order valence-corrected chi connectivity index (χ3v) is 7.21. The van der Waals surface area contributed by atoms with Gasteiger partial charge in [-0.25, -0.2) is 10.2 Å². The van der Waals surface area contributed by atoms with Crippen LogP contribution >= 0.6 is 45.8 Å². The van der Waals surface area contributed by atoms with E-state index in [2.05, 4.69) is 38.1 Å². The average molecular weight is 654 g/mol. The molecule has 0 aliphatic carbocycles. The molecule has 9 heteroatoms. The predicted molar refractivity (Wildman–Crippen MR) is 159 cm³/mol. The van der Waals surface area contributed by atoms with Crippen LogP contribution in [0, 0.1) is 3.57 Å². The summed E-state index contributed by atoms with van der Waals surface area (Å²) < 4.78 is 6.51. The van der Waals surface area contributed by atoms with Gasteiger partial charge < -0.3 is 9.72 Å². The Morgan fingerprint density at radius 3 is 2.42 bits per heavy atom. The van der Waals surface area contributed by atoms with E-state index in [1.807, 2.05) is 36.4 Å². The predicted octanol–water partition coefficient (Wildman–Crippen LogP) is 7.73. The molecule has 188 valence electrons. The van der Waals surface area contributed by atoms with Crippen molar-refractivity contribution < 1.29 is 14.3 Å². The molecule has 1 heterocycles. The maximum atomic E-state index is 13.3. The van der Waals surface area contributed by atoms with Crippen LogP contribution in [0.5, 0.6) is 5.75 Å². The third kappa shape index (κ3) is 5.45. The van der Waals surface area contributed by atoms with Crippen molar-refractivity contribution >= 4 is 74.8 Å². The van der Waals surface area contributed by atoms with Crippen LogP contribution in [0.25, 0.3) is 22.0 Å². The Morgan fingerprint density at radius 1 is 0.895 bits per heavy atom. The molecule has 5 aromatic rings. The molecule has 0 unspecified atom stereocenters. The minimum Gasteiger partial charge on any atom is -0.422 e. The van der Waals surface area contributed by atoms with E-state index in [0.29, 0.717) is 38.2 Å². The smallest absolute Gasteiger partial charge is 0.343 e. The fraction of sp³-hybridized carbons (Fsp3) is 0. The maximum Gasteiger partial charge on any atom is 0.343 e. The van der Waals surface area contributed by atoms with Crippen molar-refractivity contribution in [3.05, 3.63) is 121 Å². The SMILES string of the molecule is O=C(Oc1ccccc1C=NNC(=O)c1[nH]c2c(I)cccc2c1-c1ccccc1Cl)c1ccc(Cl)cc1. The number of hydrazone groups is 1. The van der Waals surface area contributed by atoms with Crippen LogP contribution in [0.15, 0.2) is 96.1 Å². The van der Waals surface area contributed by atoms with Crippen LogP contribution in [-0.4, -0.2) is 23.1 Å². The number of esters is 1. The fourth-order valence-electron chi connectivity index (χ4n) is 3.94. The number of benzene rings is 4. The number of aromatic nitrogens is 1. The first-order valence-electron chi connectivity index (χ1n) is 11.4. The van der Waals surface area contributed by atoms with Crippen LogP contribution in [0.2, 0.25) is 10.0 Å². The maximum absolute atomic E-state index is 13.3. The quantitative estimate of drug-likeness (QED) is 0.0647. The number of halogens is 3. The van der Waals surface area contributed by atoms with E-state index in [1.165, 1.54) is 6.21 Å². The number of aromatic amines is 1. The summed E-state index contributed by atoms with van der Waals surface area (Å²) >= 11 is 14.6. The van der Waals surface area contributed by atoms with Gasteiger partial charge in [0, 0.05) is 35.7 Å². The number of nitrogens with one attached hydrogen (secondary N) is 2. The number of H-pyrrole nitrogens is 1. The minimum atomic E-state index is -0.538. The first kappa shape index (κ1) is 26.0. The number of nitrogens with zero attached hydrogens (tertiary/aromatic N) is 1. The molecule has 0 aliphatic rings. The molecule has 6 nitrogen and oxygen atoms in total. The lowest BCUT2D eigenvalue weighted by Crippen LogP contribution is -2.19. The van der Waals surface area contributed by atoms with Gasteiger partial charge >= 0.3 is 5.97 Å². The number of rotatable bonds is 6. The Hall–Kier alpha value is -3.66. The van der Waals surface area contributed by atoms with Crippen LogP contribution in [0.4, 0.5) is 0 Å². The van der Waals surface area contributed by atoms with Crippen molar-refractivity contribution in [2.45, 2.75) is 0 Å². The van der Waals surface area contributed by atoms with Crippen LogP contribution in [0.3, 0.4) is 0 Å². The van der Waals surface area contributed by atoms with Gasteiger partial charge in [0.05, 0.1) is 17.3 Å². The van der Waals surface area contributed by atoms with E-state index >= 15 is 0 Å². The average Bonchev–Trinajstić information content (AvgIpc) is 3.31. The molecule has 2 N–H and O–H groups in total. The Labute approximate surface area is 241 Å². The molecule has 38 heavy (non-hydrogen) atoms. The highest BCUT2D eigenvalue weighted by atomic mass is 127. The molecule has 1 amide bonds. The molecule has 0 saturated carbocycles. The molecule has 4 aromatic carbocycles. The second-order valence-corrected chi connectivity index (χ2v) is 10.2. The van der Waals surface area contributed by atoms with Gasteiger partial charge in [0.1, 0.15) is 11.4 Å². The van der Waals surface area contributed by atoms with Gasteiger partial charge in [-0.2, -0.15) is 5.10 Å². The minimum absolute atomic E-state index is 0.294. The number of hydrogen-bond donors (Lipinski definition) is 2. The van der Waals surface area contributed by atoms with Gasteiger partial charge in [0.25, 0.3) is 5.91 Å². The number of para-hydroxylation sites is 2. The standard InChI is InChI=1S/C29H18Cl2IN3O3/c30-19-14-12-17(13-15-19)29(37)38-24-11-4-1-6-18(24)16-33-35-28(36)27-25(20-7-2-3-9-22(20)31)21-8-5-10-23(32)26(21)34-27/h1-16,34H,(H,35,36). The summed E-state index contributed by atoms with van der Waals surface area (Å²) in [6, 6.07) is 26.5. The van der Waals surface area contributed by atoms with E-state index in [-0.39, 0.29) is 0 Å². The van der Waals surface area contributed by atoms with Gasteiger partial charge in [-0.3, -0.25) is 4.79 Å². The number of carbonyl (C=O) groups excluding carboxylic acids is 2. The van der Waals surface area contributed by atoms with Crippen molar-refractivity contribution in [1.29, 1.82) is 0 Å². The summed E-state index contributed by atoms with van der Waals surface area (Å²) in [5.74, 6) is -0.690. The highest BCUT2D eigenvalue weighted by Crippen LogP contribution is 2.37. The van der Waals surface area contributed by atoms with Gasteiger partial charge in [-0.15, -0.1) is 0 Å². The van der Waals surface area contributed by atoms with Crippen molar-refractivity contribution in [2.75, 3.05) is 0 Å². The van der Waals surface area contributed by atoms with Gasteiger partial charge in [0.2, 0.25) is 0 Å². The Kier molecular flexibility index (Phi) is 7.78. The Bertz CT molecular complexity index is 1700. The highest BCUT2D eigenvalue weighted by molar-refractivity contribution is 14.1. The number of amides is 1. The van der Waals surface area contributed by atoms with Gasteiger partial charge in [-0.1, -0.05) is 65.7 Å². The second-order valence-electron chi connectivity index (χ2n) is 8.15. The topological polar surface area (TPSA) is 83.5 Å². The van der Waals surface area contributed by atoms with Crippen LogP contribution < -0.4 is 10.2 Å². The Morgan fingerprint density at radius 2 is 1.63 bits per heavy atom. The van der Waals surface area contributed by atoms with Crippen molar-refractivity contribution in [3.63, 3.8) is 0 Å². The van der Waals surface area contributed by atoms with E-state index in [0.717, 1.165) is 20.0 Å². The molecule has 5 rings (SSSR count). The van der Waals surface area contributed by atoms with E-state index in [9.17, 15) is 9.59 Å². The van der Waals surface area contributed by atoms with Crippen molar-refractivity contribution in [1.82, 2.24) is 10.4 Å². The van der Waals surface area contributed by atoms with Gasteiger partial charge in [0.15, 0.2) is 0 Å². The third-order valence-electron chi connectivity index (χ3n) is 5.72. The zero-order valence-corrected chi connectivity index (χ0v) is 23.2. The van der Waals surface area contributed by atoms with E-state index in [4.69, 9.17) is 27.9 Å². The summed E-state index contributed by atoms with van der Waals surface area (Å²) in [6.45, 7) is 0. The molecule has 0 spiro atoms. The van der Waals surface area contributed by atoms with Crippen molar-refractivity contribution in [3.8, 4) is 16.9 Å². The number of carbonyl (C=O) groups is 2. The molecule has 0 aliphatic heterocycles. The monoisotopic (exact) mass is 653 g/mol. The Balaban J connectivity index is 1.41. The lowest BCUT2D eigenvalue weighted by Gasteiger charge is -2.08. The lowest BCUT2D eigenvalue weighted by atomic mass is 10.0. The van der Waals surface area contributed by atoms with E-state index < -0.39 is 11.9 Å². The second kappa shape index (κ2) is 11.4. The molecule has 1 aromatic heterocycles. The number of hydrogen-bond acceptors (Lipinski definition) is 4. The summed E-state index contributed by atoms with van der Waals surface area (Å²) in [7, 11) is 0. The van der Waals surface area contributed by atoms with Gasteiger partial charge in [-0.05, 0) is 71.1 Å². The molecule has 0 bridgehead atoms. The summed E-state index contributed by atoms with van der Waals surface area (Å²) in [5.41, 5.74) is 6.02. The first-order valence-corrected chi connectivity index (χ1v) is 13.2. The molecule has 0 fully saturated rings. The number of fused-ring (bicyclic) bond motifs is 1. The molecule has 0 saturated heterocycles. The largest absolute Gasteiger partial charge is 0.422 e. The fourth-order valence-corrected chi connectivity index (χ4v) is 4.93. The normalized spacial score (nSPS) is 11.1. The summed E-state index contributed by atoms with van der Waals surface area (Å²) in [6.07, 6.45) is 1.42. The molecular formula is C29H18Cl2IN3O3. The summed E-state index contributed by atoms with van der Waals surface area (Å²) in [4.78, 5) is 29.1. The summed E-state index contributed by atoms with van der Waals surface area (Å²) in [5, 5.41) is 6.06. The van der Waals surface area contributed by atoms with E-state index in [1.54, 1.807) is 54.6 Å². The highest BCUT2D eigenvalue weighted by Gasteiger charge is 2.21. The van der Waals surface area contributed by atoms with Crippen molar-refractivity contribution in [2.24, 2.45) is 5.10 Å². The zero-order chi connectivity index (χ0) is 26.6. The molecule has 0 radical (unpaired) electrons. The van der Waals surface area contributed by atoms with Crippen LogP contribution in [-0.2, 0) is 0 Å². The lowest BCUT2D eigenvalue weighted by molar-refractivity contribution is 0.0734.